The topological polar surface area (TPSA) is 55.9 Å². The number of halogens is 2. The van der Waals surface area contributed by atoms with Crippen molar-refractivity contribution in [3.8, 4) is 0 Å². The van der Waals surface area contributed by atoms with E-state index >= 15 is 0 Å². The van der Waals surface area contributed by atoms with E-state index in [9.17, 15) is 4.39 Å². The highest BCUT2D eigenvalue weighted by molar-refractivity contribution is 6.30. The fraction of sp³-hybridized carbons (Fsp3) is 0.250. The minimum Gasteiger partial charge on any atom is -0.273 e. The molecule has 1 unspecified atom stereocenters. The molecule has 4 nitrogen and oxygen atoms in total. The molecule has 18 heavy (non-hydrogen) atoms. The zero-order chi connectivity index (χ0) is 13.1. The van der Waals surface area contributed by atoms with Crippen LogP contribution in [0.4, 0.5) is 4.39 Å². The van der Waals surface area contributed by atoms with Crippen LogP contribution >= 0.6 is 11.6 Å². The van der Waals surface area contributed by atoms with E-state index < -0.39 is 6.04 Å². The number of hydrazine groups is 1. The molecule has 2 rings (SSSR count). The molecule has 0 fully saturated rings. The van der Waals surface area contributed by atoms with Crippen LogP contribution in [0.3, 0.4) is 0 Å². The minimum atomic E-state index is -0.469. The molecule has 0 bridgehead atoms. The average molecular weight is 269 g/mol. The van der Waals surface area contributed by atoms with Gasteiger partial charge in [0.2, 0.25) is 0 Å². The maximum atomic E-state index is 13.8. The van der Waals surface area contributed by atoms with Gasteiger partial charge in [-0.3, -0.25) is 10.5 Å². The summed E-state index contributed by atoms with van der Waals surface area (Å²) < 4.78 is 15.6. The predicted octanol–water partition coefficient (Wildman–Crippen LogP) is 2.25. The van der Waals surface area contributed by atoms with Crippen molar-refractivity contribution in [2.24, 2.45) is 5.84 Å². The number of benzene rings is 1. The van der Waals surface area contributed by atoms with Crippen LogP contribution in [0.25, 0.3) is 0 Å². The highest BCUT2D eigenvalue weighted by Crippen LogP contribution is 2.26. The molecule has 0 aliphatic rings. The molecular formula is C12H14ClFN4. The smallest absolute Gasteiger partial charge is 0.128 e. The lowest BCUT2D eigenvalue weighted by molar-refractivity contribution is 0.559. The number of nitrogens with one attached hydrogen (secondary N) is 1. The molecule has 0 amide bonds. The third-order valence-corrected chi connectivity index (χ3v) is 2.98. The summed E-state index contributed by atoms with van der Waals surface area (Å²) in [5, 5.41) is 4.61. The Kier molecular flexibility index (Phi) is 3.96. The Morgan fingerprint density at radius 2 is 2.33 bits per heavy atom. The lowest BCUT2D eigenvalue weighted by Gasteiger charge is -2.15. The second kappa shape index (κ2) is 5.48. The normalized spacial score (nSPS) is 12.7. The Labute approximate surface area is 110 Å². The van der Waals surface area contributed by atoms with Crippen LogP contribution in [-0.4, -0.2) is 9.78 Å². The van der Waals surface area contributed by atoms with Gasteiger partial charge >= 0.3 is 0 Å². The Morgan fingerprint density at radius 1 is 1.56 bits per heavy atom. The van der Waals surface area contributed by atoms with Crippen molar-refractivity contribution < 1.29 is 4.39 Å². The third-order valence-electron chi connectivity index (χ3n) is 2.75. The van der Waals surface area contributed by atoms with Crippen LogP contribution in [0, 0.1) is 5.82 Å². The third kappa shape index (κ3) is 2.53. The van der Waals surface area contributed by atoms with Gasteiger partial charge in [-0.2, -0.15) is 5.10 Å². The molecule has 0 saturated carbocycles. The van der Waals surface area contributed by atoms with E-state index in [1.54, 1.807) is 16.9 Å². The number of hydrogen-bond acceptors (Lipinski definition) is 3. The van der Waals surface area contributed by atoms with Crippen LogP contribution in [0.1, 0.15) is 24.1 Å². The van der Waals surface area contributed by atoms with Gasteiger partial charge < -0.3 is 0 Å². The molecule has 96 valence electrons. The Morgan fingerprint density at radius 3 is 2.94 bits per heavy atom. The van der Waals surface area contributed by atoms with Crippen molar-refractivity contribution in [3.05, 3.63) is 52.6 Å². The molecule has 0 aliphatic carbocycles. The van der Waals surface area contributed by atoms with E-state index in [-0.39, 0.29) is 5.82 Å². The first kappa shape index (κ1) is 13.0. The van der Waals surface area contributed by atoms with Crippen molar-refractivity contribution in [3.63, 3.8) is 0 Å². The van der Waals surface area contributed by atoms with Crippen LogP contribution in [0.15, 0.2) is 30.6 Å². The molecule has 1 aromatic heterocycles. The Bertz CT molecular complexity index is 541. The number of aryl methyl sites for hydroxylation is 1. The first-order chi connectivity index (χ1) is 8.65. The number of nitrogens with zero attached hydrogens (tertiary/aromatic N) is 2. The van der Waals surface area contributed by atoms with Gasteiger partial charge in [-0.15, -0.1) is 0 Å². The number of nitrogens with two attached hydrogens (primary N) is 1. The van der Waals surface area contributed by atoms with E-state index in [0.717, 1.165) is 12.1 Å². The van der Waals surface area contributed by atoms with E-state index in [0.29, 0.717) is 10.6 Å². The summed E-state index contributed by atoms with van der Waals surface area (Å²) in [5.41, 5.74) is 3.78. The molecule has 2 aromatic rings. The maximum absolute atomic E-state index is 13.8. The molecule has 1 aromatic carbocycles. The molecule has 6 heteroatoms. The molecule has 0 aliphatic heterocycles. The second-order valence-electron chi connectivity index (χ2n) is 3.89. The zero-order valence-electron chi connectivity index (χ0n) is 9.90. The van der Waals surface area contributed by atoms with Crippen molar-refractivity contribution in [2.75, 3.05) is 0 Å². The summed E-state index contributed by atoms with van der Waals surface area (Å²) in [6, 6.07) is 3.92. The van der Waals surface area contributed by atoms with Crippen LogP contribution in [-0.2, 0) is 6.54 Å². The van der Waals surface area contributed by atoms with Gasteiger partial charge in [0.25, 0.3) is 0 Å². The van der Waals surface area contributed by atoms with Crippen molar-refractivity contribution in [1.82, 2.24) is 15.2 Å². The summed E-state index contributed by atoms with van der Waals surface area (Å²) in [4.78, 5) is 0. The summed E-state index contributed by atoms with van der Waals surface area (Å²) in [6.45, 7) is 2.72. The SMILES string of the molecule is CCn1cc(C(NN)c2cc(Cl)ccc2F)cn1. The fourth-order valence-corrected chi connectivity index (χ4v) is 1.98. The monoisotopic (exact) mass is 268 g/mol. The number of rotatable bonds is 4. The van der Waals surface area contributed by atoms with Crippen LogP contribution < -0.4 is 11.3 Å². The lowest BCUT2D eigenvalue weighted by atomic mass is 10.0. The van der Waals surface area contributed by atoms with Crippen LogP contribution in [0.2, 0.25) is 5.02 Å². The summed E-state index contributed by atoms with van der Waals surface area (Å²) in [7, 11) is 0. The summed E-state index contributed by atoms with van der Waals surface area (Å²) in [6.07, 6.45) is 3.49. The zero-order valence-corrected chi connectivity index (χ0v) is 10.7. The van der Waals surface area contributed by atoms with E-state index in [1.165, 1.54) is 12.1 Å². The van der Waals surface area contributed by atoms with Crippen molar-refractivity contribution in [1.29, 1.82) is 0 Å². The first-order valence-electron chi connectivity index (χ1n) is 5.59. The van der Waals surface area contributed by atoms with Gasteiger partial charge in [0.05, 0.1) is 12.2 Å². The predicted molar refractivity (Wildman–Crippen MR) is 68.5 cm³/mol. The molecule has 1 heterocycles. The van der Waals surface area contributed by atoms with E-state index in [2.05, 4.69) is 10.5 Å². The molecular weight excluding hydrogens is 255 g/mol. The summed E-state index contributed by atoms with van der Waals surface area (Å²) in [5.74, 6) is 5.15. The number of aromatic nitrogens is 2. The maximum Gasteiger partial charge on any atom is 0.128 e. The minimum absolute atomic E-state index is 0.355. The average Bonchev–Trinajstić information content (AvgIpc) is 2.83. The highest BCUT2D eigenvalue weighted by Gasteiger charge is 2.18. The Hall–Kier alpha value is -1.43. The van der Waals surface area contributed by atoms with Gasteiger partial charge in [0, 0.05) is 28.9 Å². The van der Waals surface area contributed by atoms with E-state index in [4.69, 9.17) is 17.4 Å². The van der Waals surface area contributed by atoms with Gasteiger partial charge in [-0.05, 0) is 25.1 Å². The standard InChI is InChI=1S/C12H14ClFN4/c1-2-18-7-8(6-16-18)12(17-15)10-5-9(13)3-4-11(10)14/h3-7,12,17H,2,15H2,1H3. The fourth-order valence-electron chi connectivity index (χ4n) is 1.80. The van der Waals surface area contributed by atoms with Crippen molar-refractivity contribution in [2.45, 2.75) is 19.5 Å². The molecule has 0 spiro atoms. The Balaban J connectivity index is 2.41. The van der Waals surface area contributed by atoms with Crippen LogP contribution in [0.5, 0.6) is 0 Å². The van der Waals surface area contributed by atoms with Gasteiger partial charge in [0.1, 0.15) is 5.82 Å². The first-order valence-corrected chi connectivity index (χ1v) is 5.97. The lowest BCUT2D eigenvalue weighted by Crippen LogP contribution is -2.29. The largest absolute Gasteiger partial charge is 0.273 e. The van der Waals surface area contributed by atoms with Gasteiger partial charge in [0.15, 0.2) is 0 Å². The summed E-state index contributed by atoms with van der Waals surface area (Å²) >= 11 is 5.88. The molecule has 0 saturated heterocycles. The van der Waals surface area contributed by atoms with Gasteiger partial charge in [-0.25, -0.2) is 9.82 Å². The number of hydrogen-bond donors (Lipinski definition) is 2. The quantitative estimate of drug-likeness (QED) is 0.661. The molecule has 1 atom stereocenters. The molecule has 0 radical (unpaired) electrons. The second-order valence-corrected chi connectivity index (χ2v) is 4.33. The van der Waals surface area contributed by atoms with Gasteiger partial charge in [-0.1, -0.05) is 11.6 Å². The van der Waals surface area contributed by atoms with Crippen molar-refractivity contribution >= 4 is 11.6 Å². The highest BCUT2D eigenvalue weighted by atomic mass is 35.5. The molecule has 3 N–H and O–H groups in total. The van der Waals surface area contributed by atoms with E-state index in [1.807, 2.05) is 13.1 Å².